The number of benzene rings is 2. The second-order valence-electron chi connectivity index (χ2n) is 7.51. The standard InChI is InChI=1S/C21H26N4O/c1-25(2,20-10-6-7-11-20)16-21(26)22-17-12-14-19(15-13-17)24-23-18-8-4-3-5-9-18/h3-5,8-9,12-15,20H,6-7,10-11,16H2,1-2H3/p+1. The van der Waals surface area contributed by atoms with Crippen LogP contribution in [0.15, 0.2) is 64.8 Å². The van der Waals surface area contributed by atoms with Crippen LogP contribution in [-0.2, 0) is 4.79 Å². The second kappa shape index (κ2) is 8.23. The molecule has 0 spiro atoms. The number of nitrogens with one attached hydrogen (secondary N) is 1. The lowest BCUT2D eigenvalue weighted by Crippen LogP contribution is -2.51. The van der Waals surface area contributed by atoms with Gasteiger partial charge in [-0.1, -0.05) is 18.2 Å². The first kappa shape index (κ1) is 18.3. The zero-order valence-electron chi connectivity index (χ0n) is 15.6. The van der Waals surface area contributed by atoms with Crippen molar-refractivity contribution in [3.05, 3.63) is 54.6 Å². The molecule has 0 heterocycles. The summed E-state index contributed by atoms with van der Waals surface area (Å²) in [6, 6.07) is 17.7. The van der Waals surface area contributed by atoms with Crippen LogP contribution in [0.4, 0.5) is 17.1 Å². The fraction of sp³-hybridized carbons (Fsp3) is 0.381. The fourth-order valence-corrected chi connectivity index (χ4v) is 3.52. The SMILES string of the molecule is C[N+](C)(CC(=O)Nc1ccc(N=Nc2ccccc2)cc1)C1CCCC1. The van der Waals surface area contributed by atoms with Gasteiger partial charge in [-0.3, -0.25) is 4.79 Å². The van der Waals surface area contributed by atoms with Crippen molar-refractivity contribution in [3.63, 3.8) is 0 Å². The molecule has 1 aliphatic rings. The quantitative estimate of drug-likeness (QED) is 0.574. The minimum Gasteiger partial charge on any atom is -0.321 e. The minimum absolute atomic E-state index is 0.0561. The van der Waals surface area contributed by atoms with E-state index in [1.165, 1.54) is 25.7 Å². The Morgan fingerprint density at radius 2 is 1.54 bits per heavy atom. The molecule has 0 aromatic heterocycles. The van der Waals surface area contributed by atoms with Gasteiger partial charge in [-0.2, -0.15) is 10.2 Å². The summed E-state index contributed by atoms with van der Waals surface area (Å²) in [5.74, 6) is 0.0561. The molecule has 5 heteroatoms. The van der Waals surface area contributed by atoms with E-state index in [-0.39, 0.29) is 5.91 Å². The molecule has 0 aliphatic heterocycles. The van der Waals surface area contributed by atoms with Crippen molar-refractivity contribution in [3.8, 4) is 0 Å². The molecule has 1 aliphatic carbocycles. The van der Waals surface area contributed by atoms with Crippen molar-refractivity contribution in [2.45, 2.75) is 31.7 Å². The molecule has 2 aromatic carbocycles. The van der Waals surface area contributed by atoms with Gasteiger partial charge in [0.1, 0.15) is 0 Å². The van der Waals surface area contributed by atoms with E-state index in [2.05, 4.69) is 29.6 Å². The summed E-state index contributed by atoms with van der Waals surface area (Å²) < 4.78 is 0.759. The highest BCUT2D eigenvalue weighted by molar-refractivity contribution is 5.91. The van der Waals surface area contributed by atoms with Gasteiger partial charge in [0.15, 0.2) is 6.54 Å². The Labute approximate surface area is 155 Å². The highest BCUT2D eigenvalue weighted by Crippen LogP contribution is 2.26. The normalized spacial score (nSPS) is 15.5. The number of azo groups is 1. The highest BCUT2D eigenvalue weighted by Gasteiger charge is 2.32. The van der Waals surface area contributed by atoms with Crippen LogP contribution in [0.5, 0.6) is 0 Å². The summed E-state index contributed by atoms with van der Waals surface area (Å²) in [6.07, 6.45) is 5.02. The molecule has 1 saturated carbocycles. The summed E-state index contributed by atoms with van der Waals surface area (Å²) in [5, 5.41) is 11.4. The molecule has 2 aromatic rings. The van der Waals surface area contributed by atoms with Crippen LogP contribution in [0.1, 0.15) is 25.7 Å². The zero-order valence-corrected chi connectivity index (χ0v) is 15.6. The molecular formula is C21H27N4O+. The van der Waals surface area contributed by atoms with Gasteiger partial charge in [-0.25, -0.2) is 0 Å². The van der Waals surface area contributed by atoms with Crippen molar-refractivity contribution in [1.82, 2.24) is 0 Å². The van der Waals surface area contributed by atoms with Crippen molar-refractivity contribution < 1.29 is 9.28 Å². The van der Waals surface area contributed by atoms with E-state index >= 15 is 0 Å². The minimum atomic E-state index is 0.0561. The summed E-state index contributed by atoms with van der Waals surface area (Å²) in [6.45, 7) is 0.500. The highest BCUT2D eigenvalue weighted by atomic mass is 16.2. The second-order valence-corrected chi connectivity index (χ2v) is 7.51. The molecule has 5 nitrogen and oxygen atoms in total. The molecule has 0 atom stereocenters. The van der Waals surface area contributed by atoms with Crippen LogP contribution in [0.25, 0.3) is 0 Å². The lowest BCUT2D eigenvalue weighted by Gasteiger charge is -2.35. The van der Waals surface area contributed by atoms with Gasteiger partial charge >= 0.3 is 0 Å². The van der Waals surface area contributed by atoms with E-state index in [1.54, 1.807) is 0 Å². The Balaban J connectivity index is 1.55. The number of carbonyl (C=O) groups excluding carboxylic acids is 1. The number of carbonyl (C=O) groups is 1. The predicted octanol–water partition coefficient (Wildman–Crippen LogP) is 5.06. The lowest BCUT2D eigenvalue weighted by atomic mass is 10.2. The summed E-state index contributed by atoms with van der Waals surface area (Å²) in [5.41, 5.74) is 2.37. The van der Waals surface area contributed by atoms with Crippen molar-refractivity contribution in [1.29, 1.82) is 0 Å². The van der Waals surface area contributed by atoms with E-state index in [0.29, 0.717) is 12.6 Å². The lowest BCUT2D eigenvalue weighted by molar-refractivity contribution is -0.906. The Bertz CT molecular complexity index is 747. The zero-order chi connectivity index (χ0) is 18.4. The number of quaternary nitrogens is 1. The van der Waals surface area contributed by atoms with Crippen molar-refractivity contribution in [2.24, 2.45) is 10.2 Å². The molecule has 1 fully saturated rings. The van der Waals surface area contributed by atoms with Crippen LogP contribution >= 0.6 is 0 Å². The topological polar surface area (TPSA) is 53.8 Å². The maximum Gasteiger partial charge on any atom is 0.279 e. The van der Waals surface area contributed by atoms with E-state index in [4.69, 9.17) is 0 Å². The van der Waals surface area contributed by atoms with E-state index in [1.807, 2.05) is 54.6 Å². The Morgan fingerprint density at radius 3 is 2.15 bits per heavy atom. The smallest absolute Gasteiger partial charge is 0.279 e. The van der Waals surface area contributed by atoms with Gasteiger partial charge in [0, 0.05) is 5.69 Å². The molecular weight excluding hydrogens is 324 g/mol. The molecule has 0 unspecified atom stereocenters. The van der Waals surface area contributed by atoms with Gasteiger partial charge < -0.3 is 9.80 Å². The van der Waals surface area contributed by atoms with E-state index in [0.717, 1.165) is 21.5 Å². The number of amides is 1. The molecule has 1 N–H and O–H groups in total. The Morgan fingerprint density at radius 1 is 0.962 bits per heavy atom. The van der Waals surface area contributed by atoms with Gasteiger partial charge in [-0.15, -0.1) is 0 Å². The molecule has 0 radical (unpaired) electrons. The van der Waals surface area contributed by atoms with E-state index in [9.17, 15) is 4.79 Å². The molecule has 3 rings (SSSR count). The first-order valence-corrected chi connectivity index (χ1v) is 9.22. The molecule has 0 saturated heterocycles. The number of nitrogens with zero attached hydrogens (tertiary/aromatic N) is 3. The van der Waals surface area contributed by atoms with Gasteiger partial charge in [0.05, 0.1) is 31.5 Å². The number of hydrogen-bond donors (Lipinski definition) is 1. The maximum atomic E-state index is 12.4. The van der Waals surface area contributed by atoms with Gasteiger partial charge in [0.2, 0.25) is 0 Å². The number of hydrogen-bond acceptors (Lipinski definition) is 3. The molecule has 0 bridgehead atoms. The van der Waals surface area contributed by atoms with E-state index < -0.39 is 0 Å². The van der Waals surface area contributed by atoms with Crippen molar-refractivity contribution in [2.75, 3.05) is 26.0 Å². The monoisotopic (exact) mass is 351 g/mol. The number of likely N-dealkylation sites (N-methyl/N-ethyl adjacent to an activating group) is 1. The van der Waals surface area contributed by atoms with Crippen LogP contribution in [0.3, 0.4) is 0 Å². The third kappa shape index (κ3) is 4.99. The van der Waals surface area contributed by atoms with Gasteiger partial charge in [0.25, 0.3) is 5.91 Å². The number of rotatable bonds is 6. The van der Waals surface area contributed by atoms with Crippen LogP contribution in [-0.4, -0.2) is 37.1 Å². The summed E-state index contributed by atoms with van der Waals surface area (Å²) in [7, 11) is 4.31. The Kier molecular flexibility index (Phi) is 5.78. The van der Waals surface area contributed by atoms with Crippen LogP contribution < -0.4 is 5.32 Å². The largest absolute Gasteiger partial charge is 0.321 e. The third-order valence-electron chi connectivity index (χ3n) is 5.05. The van der Waals surface area contributed by atoms with Crippen LogP contribution in [0, 0.1) is 0 Å². The van der Waals surface area contributed by atoms with Gasteiger partial charge in [-0.05, 0) is 62.1 Å². The summed E-state index contributed by atoms with van der Waals surface area (Å²) in [4.78, 5) is 12.4. The Hall–Kier alpha value is -2.53. The first-order chi connectivity index (χ1) is 12.5. The maximum absolute atomic E-state index is 12.4. The molecule has 136 valence electrons. The average Bonchev–Trinajstić information content (AvgIpc) is 3.17. The fourth-order valence-electron chi connectivity index (χ4n) is 3.52. The third-order valence-corrected chi connectivity index (χ3v) is 5.05. The summed E-state index contributed by atoms with van der Waals surface area (Å²) >= 11 is 0. The van der Waals surface area contributed by atoms with Crippen LogP contribution in [0.2, 0.25) is 0 Å². The van der Waals surface area contributed by atoms with Crippen molar-refractivity contribution >= 4 is 23.0 Å². The average molecular weight is 351 g/mol. The number of anilines is 1. The molecule has 1 amide bonds. The molecule has 26 heavy (non-hydrogen) atoms. The predicted molar refractivity (Wildman–Crippen MR) is 105 cm³/mol. The first-order valence-electron chi connectivity index (χ1n) is 9.22.